The normalized spacial score (nSPS) is 46.7. The van der Waals surface area contributed by atoms with Crippen molar-refractivity contribution in [3.05, 3.63) is 36.0 Å². The van der Waals surface area contributed by atoms with E-state index in [0.717, 1.165) is 19.5 Å². The smallest absolute Gasteiger partial charge is 0.312 e. The lowest BCUT2D eigenvalue weighted by Gasteiger charge is -2.72. The van der Waals surface area contributed by atoms with Gasteiger partial charge in [-0.2, -0.15) is 0 Å². The van der Waals surface area contributed by atoms with E-state index in [0.29, 0.717) is 67.0 Å². The first-order valence-electron chi connectivity index (χ1n) is 20.0. The first-order chi connectivity index (χ1) is 23.5. The highest BCUT2D eigenvalue weighted by atomic mass is 32.2. The van der Waals surface area contributed by atoms with Crippen LogP contribution in [-0.4, -0.2) is 74.3 Å². The average molecular weight is 713 g/mol. The topological polar surface area (TPSA) is 86.7 Å². The largest absolute Gasteiger partial charge is 0.481 e. The lowest BCUT2D eigenvalue weighted by Crippen LogP contribution is -2.68. The third-order valence-corrected chi connectivity index (χ3v) is 19.0. The van der Waals surface area contributed by atoms with Crippen molar-refractivity contribution in [2.75, 3.05) is 44.4 Å². The number of halogens is 1. The highest BCUT2D eigenvalue weighted by Crippen LogP contribution is 2.76. The third kappa shape index (κ3) is 5.40. The van der Waals surface area contributed by atoms with Gasteiger partial charge >= 0.3 is 5.97 Å². The Morgan fingerprint density at radius 2 is 1.70 bits per heavy atom. The number of alkyl halides is 1. The molecule has 6 nitrogen and oxygen atoms in total. The van der Waals surface area contributed by atoms with Crippen LogP contribution in [0.15, 0.2) is 36.0 Å². The fraction of sp³-hybridized carbons (Fsp3) is 0.833. The highest BCUT2D eigenvalue weighted by molar-refractivity contribution is 7.91. The number of sulfone groups is 1. The van der Waals surface area contributed by atoms with Crippen LogP contribution in [0.5, 0.6) is 0 Å². The van der Waals surface area contributed by atoms with E-state index >= 15 is 0 Å². The molecule has 280 valence electrons. The molecule has 50 heavy (non-hydrogen) atoms. The van der Waals surface area contributed by atoms with Crippen LogP contribution in [0.25, 0.3) is 0 Å². The minimum atomic E-state index is -2.87. The second-order valence-electron chi connectivity index (χ2n) is 19.4. The minimum Gasteiger partial charge on any atom is -0.481 e. The highest BCUT2D eigenvalue weighted by Gasteiger charge is 2.70. The molecule has 5 fully saturated rings. The number of aliphatic carboxylic acids is 1. The second-order valence-corrected chi connectivity index (χ2v) is 21.7. The summed E-state index contributed by atoms with van der Waals surface area (Å²) < 4.78 is 37.9. The molecule has 7 aliphatic rings. The number of carboxylic acids is 1. The van der Waals surface area contributed by atoms with Crippen LogP contribution in [-0.2, 0) is 14.6 Å². The van der Waals surface area contributed by atoms with Crippen molar-refractivity contribution >= 4 is 15.8 Å². The number of hydrogen-bond donors (Lipinski definition) is 2. The summed E-state index contributed by atoms with van der Waals surface area (Å²) in [6.07, 6.45) is 19.2. The Balaban J connectivity index is 1.12. The van der Waals surface area contributed by atoms with Crippen LogP contribution in [0, 0.1) is 56.7 Å². The third-order valence-electron chi connectivity index (χ3n) is 17.4. The Labute approximate surface area is 302 Å². The Bertz CT molecular complexity index is 1540. The van der Waals surface area contributed by atoms with Gasteiger partial charge in [-0.05, 0) is 139 Å². The molecule has 0 spiro atoms. The van der Waals surface area contributed by atoms with E-state index < -0.39 is 27.9 Å². The summed E-state index contributed by atoms with van der Waals surface area (Å²) in [6.45, 7) is 19.6. The molecule has 1 saturated heterocycles. The summed E-state index contributed by atoms with van der Waals surface area (Å²) in [4.78, 5) is 14.3. The Morgan fingerprint density at radius 1 is 0.960 bits per heavy atom. The summed E-state index contributed by atoms with van der Waals surface area (Å²) in [5, 5.41) is 14.0. The van der Waals surface area contributed by atoms with Crippen LogP contribution >= 0.6 is 0 Å². The molecular weight excluding hydrogens is 648 g/mol. The van der Waals surface area contributed by atoms with Gasteiger partial charge in [-0.1, -0.05) is 52.8 Å². The number of nitrogens with one attached hydrogen (secondary N) is 1. The van der Waals surface area contributed by atoms with Gasteiger partial charge in [0, 0.05) is 31.7 Å². The number of carboxylic acid groups (broad SMARTS) is 1. The van der Waals surface area contributed by atoms with E-state index in [9.17, 15) is 22.7 Å². The number of rotatable bonds is 8. The van der Waals surface area contributed by atoms with Crippen molar-refractivity contribution in [2.24, 2.45) is 56.7 Å². The molecule has 0 amide bonds. The van der Waals surface area contributed by atoms with Gasteiger partial charge in [-0.3, -0.25) is 4.79 Å². The molecule has 0 radical (unpaired) electrons. The van der Waals surface area contributed by atoms with E-state index in [2.05, 4.69) is 69.6 Å². The molecule has 8 heteroatoms. The van der Waals surface area contributed by atoms with Crippen LogP contribution in [0.4, 0.5) is 4.39 Å². The zero-order valence-electron chi connectivity index (χ0n) is 31.7. The number of nitrogens with zero attached hydrogens (tertiary/aromatic N) is 1. The zero-order valence-corrected chi connectivity index (χ0v) is 32.5. The molecule has 10 atom stereocenters. The number of allylic oxidation sites excluding steroid dienone is 5. The Morgan fingerprint density at radius 3 is 2.34 bits per heavy atom. The van der Waals surface area contributed by atoms with Crippen molar-refractivity contribution in [3.63, 3.8) is 0 Å². The predicted octanol–water partition coefficient (Wildman–Crippen LogP) is 8.01. The number of carbonyl (C=O) groups is 1. The maximum atomic E-state index is 14.0. The SMILES string of the molecule is C=CC1CC[C@]2(NCCN3CCS(=O)(=O)CC3)CC[C@]3(C)[C@H](CC[C@@H]4[C@@]5(C)CC=C(C6=CC[C@@](CF)(C(=O)O)CC6)C(C)(C)[C@@H]5CC[C@]43C)[C@@H]12. The predicted molar refractivity (Wildman–Crippen MR) is 199 cm³/mol. The van der Waals surface area contributed by atoms with Gasteiger partial charge in [0.2, 0.25) is 0 Å². The second kappa shape index (κ2) is 12.5. The maximum absolute atomic E-state index is 14.0. The van der Waals surface area contributed by atoms with Crippen LogP contribution in [0.1, 0.15) is 112 Å². The summed E-state index contributed by atoms with van der Waals surface area (Å²) >= 11 is 0. The molecule has 0 bridgehead atoms. The van der Waals surface area contributed by atoms with E-state index in [1.54, 1.807) is 0 Å². The van der Waals surface area contributed by atoms with Crippen molar-refractivity contribution in [3.8, 4) is 0 Å². The lowest BCUT2D eigenvalue weighted by atomic mass is 9.33. The molecule has 4 saturated carbocycles. The van der Waals surface area contributed by atoms with Gasteiger partial charge in [-0.25, -0.2) is 12.8 Å². The molecular formula is C42H65FN2O4S. The number of hydrogen-bond acceptors (Lipinski definition) is 5. The minimum absolute atomic E-state index is 0.0135. The van der Waals surface area contributed by atoms with E-state index in [4.69, 9.17) is 0 Å². The molecule has 1 aliphatic heterocycles. The zero-order chi connectivity index (χ0) is 36.0. The van der Waals surface area contributed by atoms with Gasteiger partial charge in [0.05, 0.1) is 16.9 Å². The van der Waals surface area contributed by atoms with Crippen LogP contribution in [0.2, 0.25) is 0 Å². The first kappa shape index (κ1) is 36.8. The van der Waals surface area contributed by atoms with Crippen LogP contribution < -0.4 is 5.32 Å². The lowest BCUT2D eigenvalue weighted by molar-refractivity contribution is -0.220. The monoisotopic (exact) mass is 712 g/mol. The molecule has 7 rings (SSSR count). The maximum Gasteiger partial charge on any atom is 0.312 e. The molecule has 0 aromatic heterocycles. The Hall–Kier alpha value is -1.51. The summed E-state index contributed by atoms with van der Waals surface area (Å²) in [7, 11) is -2.87. The average Bonchev–Trinajstić information content (AvgIpc) is 3.44. The van der Waals surface area contributed by atoms with Gasteiger partial charge in [0.25, 0.3) is 0 Å². The van der Waals surface area contributed by atoms with E-state index in [1.807, 2.05) is 0 Å². The van der Waals surface area contributed by atoms with Crippen molar-refractivity contribution in [1.82, 2.24) is 10.2 Å². The van der Waals surface area contributed by atoms with Crippen molar-refractivity contribution < 1.29 is 22.7 Å². The fourth-order valence-corrected chi connectivity index (χ4v) is 15.6. The van der Waals surface area contributed by atoms with Gasteiger partial charge in [0.15, 0.2) is 9.84 Å². The summed E-state index contributed by atoms with van der Waals surface area (Å²) in [5.74, 6) is 2.59. The molecule has 0 aromatic rings. The summed E-state index contributed by atoms with van der Waals surface area (Å²) in [6, 6.07) is 0. The first-order valence-corrected chi connectivity index (χ1v) is 21.8. The number of fused-ring (bicyclic) bond motifs is 7. The van der Waals surface area contributed by atoms with E-state index in [1.165, 1.54) is 62.5 Å². The molecule has 1 unspecified atom stereocenters. The molecule has 2 N–H and O–H groups in total. The molecule has 1 heterocycles. The van der Waals surface area contributed by atoms with Gasteiger partial charge < -0.3 is 15.3 Å². The van der Waals surface area contributed by atoms with Crippen LogP contribution in [0.3, 0.4) is 0 Å². The molecule has 6 aliphatic carbocycles. The fourth-order valence-electron chi connectivity index (χ4n) is 14.3. The quantitative estimate of drug-likeness (QED) is 0.248. The molecule has 0 aromatic carbocycles. The van der Waals surface area contributed by atoms with E-state index in [-0.39, 0.29) is 33.6 Å². The summed E-state index contributed by atoms with van der Waals surface area (Å²) in [5.41, 5.74) is 2.27. The van der Waals surface area contributed by atoms with Crippen molar-refractivity contribution in [2.45, 2.75) is 117 Å². The Kier molecular flexibility index (Phi) is 9.23. The van der Waals surface area contributed by atoms with Crippen molar-refractivity contribution in [1.29, 1.82) is 0 Å². The standard InChI is InChI=1S/C42H65FN2O4S/c1-7-29-12-19-42(44-22-23-45-24-26-50(48,49)27-25-45)21-20-39(5)32(35(29)42)8-9-34-38(4)15-13-31(37(2,3)33(38)14-16-40(34,39)6)30-10-17-41(28-43,18-11-30)36(46)47/h7,10,13,29,32-35,44H,1,8-9,11-12,14-28H2,2-6H3,(H,46,47)/t29?,32-,33+,34-,35-,38+,39-,40-,41-,42+/m1/s1. The van der Waals surface area contributed by atoms with Gasteiger partial charge in [0.1, 0.15) is 6.67 Å². The van der Waals surface area contributed by atoms with Gasteiger partial charge in [-0.15, -0.1) is 6.58 Å².